The Morgan fingerprint density at radius 1 is 0.780 bits per heavy atom. The van der Waals surface area contributed by atoms with Crippen molar-refractivity contribution < 1.29 is 23.9 Å². The molecule has 0 fully saturated rings. The average molecular weight is 568 g/mol. The first-order valence-corrected chi connectivity index (χ1v) is 13.6. The predicted octanol–water partition coefficient (Wildman–Crippen LogP) is 5.84. The molecule has 0 aliphatic heterocycles. The van der Waals surface area contributed by atoms with Gasteiger partial charge in [-0.3, -0.25) is 14.4 Å². The molecule has 3 N–H and O–H groups in total. The zero-order valence-electron chi connectivity index (χ0n) is 22.5. The van der Waals surface area contributed by atoms with Gasteiger partial charge in [-0.05, 0) is 60.2 Å². The number of benzene rings is 4. The van der Waals surface area contributed by atoms with Crippen LogP contribution in [0.3, 0.4) is 0 Å². The van der Waals surface area contributed by atoms with Gasteiger partial charge in [0.1, 0.15) is 17.2 Å². The number of methoxy groups -OCH3 is 2. The molecule has 0 aromatic heterocycles. The molecule has 0 atom stereocenters. The van der Waals surface area contributed by atoms with Gasteiger partial charge in [-0.1, -0.05) is 48.5 Å². The van der Waals surface area contributed by atoms with Gasteiger partial charge in [0.25, 0.3) is 11.8 Å². The van der Waals surface area contributed by atoms with Gasteiger partial charge in [-0.15, -0.1) is 11.8 Å². The fourth-order valence-electron chi connectivity index (χ4n) is 3.74. The number of amides is 3. The lowest BCUT2D eigenvalue weighted by Gasteiger charge is -2.12. The van der Waals surface area contributed by atoms with Crippen molar-refractivity contribution in [1.82, 2.24) is 5.32 Å². The van der Waals surface area contributed by atoms with E-state index >= 15 is 0 Å². The van der Waals surface area contributed by atoms with E-state index in [-0.39, 0.29) is 23.3 Å². The van der Waals surface area contributed by atoms with Crippen molar-refractivity contribution in [3.05, 3.63) is 120 Å². The van der Waals surface area contributed by atoms with Gasteiger partial charge in [0.15, 0.2) is 0 Å². The van der Waals surface area contributed by atoms with E-state index in [1.807, 2.05) is 48.5 Å². The molecule has 9 heteroatoms. The van der Waals surface area contributed by atoms with Crippen LogP contribution in [0.15, 0.2) is 114 Å². The molecule has 0 aliphatic carbocycles. The topological polar surface area (TPSA) is 106 Å². The van der Waals surface area contributed by atoms with Crippen LogP contribution in [0.25, 0.3) is 6.08 Å². The Hall–Kier alpha value is -5.02. The van der Waals surface area contributed by atoms with Crippen molar-refractivity contribution in [2.45, 2.75) is 4.90 Å². The molecular formula is C32H29N3O5S. The highest BCUT2D eigenvalue weighted by atomic mass is 32.2. The maximum Gasteiger partial charge on any atom is 0.272 e. The van der Waals surface area contributed by atoms with Crippen LogP contribution in [-0.4, -0.2) is 37.7 Å². The second-order valence-corrected chi connectivity index (χ2v) is 9.72. The van der Waals surface area contributed by atoms with Crippen LogP contribution in [0.1, 0.15) is 15.9 Å². The van der Waals surface area contributed by atoms with E-state index in [4.69, 9.17) is 9.47 Å². The molecule has 0 heterocycles. The van der Waals surface area contributed by atoms with Crippen LogP contribution >= 0.6 is 11.8 Å². The van der Waals surface area contributed by atoms with Crippen LogP contribution < -0.4 is 25.4 Å². The summed E-state index contributed by atoms with van der Waals surface area (Å²) in [6.45, 7) is 0. The molecule has 0 aliphatic rings. The van der Waals surface area contributed by atoms with Crippen molar-refractivity contribution in [3.63, 3.8) is 0 Å². The Morgan fingerprint density at radius 3 is 2.12 bits per heavy atom. The summed E-state index contributed by atoms with van der Waals surface area (Å²) in [5, 5.41) is 8.40. The highest BCUT2D eigenvalue weighted by Crippen LogP contribution is 2.29. The summed E-state index contributed by atoms with van der Waals surface area (Å²) in [7, 11) is 3.08. The van der Waals surface area contributed by atoms with Crippen LogP contribution in [0.4, 0.5) is 11.4 Å². The van der Waals surface area contributed by atoms with Gasteiger partial charge in [0.2, 0.25) is 5.91 Å². The first-order valence-electron chi connectivity index (χ1n) is 12.6. The van der Waals surface area contributed by atoms with E-state index in [9.17, 15) is 14.4 Å². The van der Waals surface area contributed by atoms with Gasteiger partial charge in [-0.2, -0.15) is 0 Å². The molecule has 4 aromatic carbocycles. The molecule has 3 amide bonds. The number of nitrogens with one attached hydrogen (secondary N) is 3. The van der Waals surface area contributed by atoms with Gasteiger partial charge < -0.3 is 25.4 Å². The number of hydrogen-bond donors (Lipinski definition) is 3. The number of carbonyl (C=O) groups excluding carboxylic acids is 3. The zero-order chi connectivity index (χ0) is 29.0. The van der Waals surface area contributed by atoms with E-state index in [1.165, 1.54) is 18.9 Å². The molecule has 4 rings (SSSR count). The van der Waals surface area contributed by atoms with Crippen molar-refractivity contribution in [2.24, 2.45) is 0 Å². The first kappa shape index (κ1) is 29.0. The van der Waals surface area contributed by atoms with Crippen molar-refractivity contribution in [2.75, 3.05) is 30.6 Å². The lowest BCUT2D eigenvalue weighted by molar-refractivity contribution is -0.114. The summed E-state index contributed by atoms with van der Waals surface area (Å²) in [5.74, 6) is 0.243. The maximum atomic E-state index is 13.2. The molecule has 0 unspecified atom stereocenters. The normalized spacial score (nSPS) is 10.8. The molecule has 0 spiro atoms. The second kappa shape index (κ2) is 14.4. The molecule has 4 aromatic rings. The van der Waals surface area contributed by atoms with E-state index in [0.717, 1.165) is 10.5 Å². The Labute approximate surface area is 242 Å². The molecule has 0 radical (unpaired) electrons. The van der Waals surface area contributed by atoms with Gasteiger partial charge in [0.05, 0.1) is 25.7 Å². The minimum absolute atomic E-state index is 0.105. The smallest absolute Gasteiger partial charge is 0.272 e. The number of hydrogen-bond acceptors (Lipinski definition) is 6. The lowest BCUT2D eigenvalue weighted by Crippen LogP contribution is -2.30. The van der Waals surface area contributed by atoms with Crippen molar-refractivity contribution >= 4 is 46.9 Å². The van der Waals surface area contributed by atoms with E-state index < -0.39 is 5.91 Å². The number of rotatable bonds is 11. The van der Waals surface area contributed by atoms with E-state index in [1.54, 1.807) is 67.8 Å². The number of ether oxygens (including phenoxy) is 2. The molecule has 0 saturated carbocycles. The first-order chi connectivity index (χ1) is 19.9. The average Bonchev–Trinajstić information content (AvgIpc) is 3.01. The largest absolute Gasteiger partial charge is 0.497 e. The number of anilines is 2. The Bertz CT molecular complexity index is 1520. The van der Waals surface area contributed by atoms with Crippen LogP contribution in [0, 0.1) is 0 Å². The molecule has 208 valence electrons. The third-order valence-corrected chi connectivity index (χ3v) is 6.81. The summed E-state index contributed by atoms with van der Waals surface area (Å²) < 4.78 is 10.5. The number of thioether (sulfide) groups is 1. The number of carbonyl (C=O) groups is 3. The molecule has 8 nitrogen and oxygen atoms in total. The summed E-state index contributed by atoms with van der Waals surface area (Å²) >= 11 is 1.35. The summed E-state index contributed by atoms with van der Waals surface area (Å²) in [6.07, 6.45) is 1.62. The summed E-state index contributed by atoms with van der Waals surface area (Å²) in [5.41, 5.74) is 2.37. The maximum absolute atomic E-state index is 13.2. The molecule has 0 saturated heterocycles. The Morgan fingerprint density at radius 2 is 1.46 bits per heavy atom. The van der Waals surface area contributed by atoms with Crippen molar-refractivity contribution in [1.29, 1.82) is 0 Å². The highest BCUT2D eigenvalue weighted by molar-refractivity contribution is 8.00. The minimum Gasteiger partial charge on any atom is -0.497 e. The SMILES string of the molecule is COc1ccc(OC)c(NC(=O)CSc2ccc(NC(=O)/C(=C/c3ccccc3)NC(=O)c3ccccc3)cc2)c1. The zero-order valence-corrected chi connectivity index (χ0v) is 23.4. The van der Waals surface area contributed by atoms with Gasteiger partial charge >= 0.3 is 0 Å². The quantitative estimate of drug-likeness (QED) is 0.155. The third kappa shape index (κ3) is 8.48. The standard InChI is InChI=1S/C32H29N3O5S/c1-39-25-15-18-29(40-2)27(20-25)34-30(36)21-41-26-16-13-24(14-17-26)33-32(38)28(19-22-9-5-3-6-10-22)35-31(37)23-11-7-4-8-12-23/h3-20H,21H2,1-2H3,(H,33,38)(H,34,36)(H,35,37)/b28-19-. The summed E-state index contributed by atoms with van der Waals surface area (Å²) in [4.78, 5) is 39.4. The Balaban J connectivity index is 1.38. The lowest BCUT2D eigenvalue weighted by atomic mass is 10.1. The fraction of sp³-hybridized carbons (Fsp3) is 0.0938. The van der Waals surface area contributed by atoms with E-state index in [2.05, 4.69) is 16.0 Å². The molecular weight excluding hydrogens is 538 g/mol. The third-order valence-electron chi connectivity index (χ3n) is 5.80. The monoisotopic (exact) mass is 567 g/mol. The van der Waals surface area contributed by atoms with Crippen molar-refractivity contribution in [3.8, 4) is 11.5 Å². The van der Waals surface area contributed by atoms with Gasteiger partial charge in [0, 0.05) is 22.2 Å². The highest BCUT2D eigenvalue weighted by Gasteiger charge is 2.15. The Kier molecular flexibility index (Phi) is 10.2. The summed E-state index contributed by atoms with van der Waals surface area (Å²) in [6, 6.07) is 30.2. The van der Waals surface area contributed by atoms with E-state index in [0.29, 0.717) is 28.4 Å². The molecule has 41 heavy (non-hydrogen) atoms. The van der Waals surface area contributed by atoms with Crippen LogP contribution in [0.2, 0.25) is 0 Å². The fourth-order valence-corrected chi connectivity index (χ4v) is 4.44. The second-order valence-electron chi connectivity index (χ2n) is 8.67. The van der Waals surface area contributed by atoms with Crippen LogP contribution in [0.5, 0.6) is 11.5 Å². The van der Waals surface area contributed by atoms with Gasteiger partial charge in [-0.25, -0.2) is 0 Å². The predicted molar refractivity (Wildman–Crippen MR) is 162 cm³/mol. The molecule has 0 bridgehead atoms. The van der Waals surface area contributed by atoms with Crippen LogP contribution in [-0.2, 0) is 9.59 Å². The minimum atomic E-state index is -0.467.